The third-order valence-corrected chi connectivity index (χ3v) is 4.16. The number of aryl methyl sites for hydroxylation is 1. The van der Waals surface area contributed by atoms with E-state index in [2.05, 4.69) is 15.0 Å². The molecule has 7 heteroatoms. The van der Waals surface area contributed by atoms with E-state index in [4.69, 9.17) is 9.68 Å². The average Bonchev–Trinajstić information content (AvgIpc) is 3.17. The standard InChI is InChI=1S/C16H12N4O2S/c1-9(14-19-10(2)12(7-17)15(21)20-14)6-11-8-18-16(23-11)13-4-3-5-22-13/h3-6,8H,1-2H3,(H,19,20,21)/b9-6+. The van der Waals surface area contributed by atoms with Crippen LogP contribution >= 0.6 is 11.3 Å². The summed E-state index contributed by atoms with van der Waals surface area (Å²) in [6.45, 7) is 3.49. The first-order valence-electron chi connectivity index (χ1n) is 6.78. The van der Waals surface area contributed by atoms with Gasteiger partial charge in [-0.15, -0.1) is 11.3 Å². The molecular formula is C16H12N4O2S. The first kappa shape index (κ1) is 14.9. The Bertz CT molecular complexity index is 974. The summed E-state index contributed by atoms with van der Waals surface area (Å²) in [5.41, 5.74) is 0.812. The maximum absolute atomic E-state index is 11.8. The van der Waals surface area contributed by atoms with Crippen molar-refractivity contribution in [1.29, 1.82) is 5.26 Å². The molecule has 1 N–H and O–H groups in total. The van der Waals surface area contributed by atoms with E-state index in [9.17, 15) is 4.79 Å². The zero-order valence-electron chi connectivity index (χ0n) is 12.5. The Labute approximate surface area is 135 Å². The number of aromatic amines is 1. The van der Waals surface area contributed by atoms with Crippen LogP contribution in [0, 0.1) is 18.3 Å². The summed E-state index contributed by atoms with van der Waals surface area (Å²) in [6, 6.07) is 5.51. The molecule has 3 heterocycles. The van der Waals surface area contributed by atoms with Gasteiger partial charge in [-0.3, -0.25) is 4.79 Å². The van der Waals surface area contributed by atoms with Crippen LogP contribution in [0.5, 0.6) is 0 Å². The molecule has 0 saturated heterocycles. The third kappa shape index (κ3) is 2.98. The normalized spacial score (nSPS) is 11.4. The van der Waals surface area contributed by atoms with Gasteiger partial charge in [-0.1, -0.05) is 0 Å². The topological polar surface area (TPSA) is 95.6 Å². The largest absolute Gasteiger partial charge is 0.462 e. The predicted molar refractivity (Wildman–Crippen MR) is 87.7 cm³/mol. The number of allylic oxidation sites excluding steroid dienone is 1. The quantitative estimate of drug-likeness (QED) is 0.798. The average molecular weight is 324 g/mol. The van der Waals surface area contributed by atoms with Gasteiger partial charge >= 0.3 is 0 Å². The fraction of sp³-hybridized carbons (Fsp3) is 0.125. The summed E-state index contributed by atoms with van der Waals surface area (Å²) in [7, 11) is 0. The summed E-state index contributed by atoms with van der Waals surface area (Å²) in [5.74, 6) is 1.16. The number of hydrogen-bond acceptors (Lipinski definition) is 6. The van der Waals surface area contributed by atoms with E-state index >= 15 is 0 Å². The van der Waals surface area contributed by atoms with Crippen LogP contribution in [0.4, 0.5) is 0 Å². The van der Waals surface area contributed by atoms with Crippen LogP contribution in [0.1, 0.15) is 28.9 Å². The molecule has 0 aliphatic carbocycles. The summed E-state index contributed by atoms with van der Waals surface area (Å²) < 4.78 is 5.32. The second-order valence-corrected chi connectivity index (χ2v) is 5.92. The Balaban J connectivity index is 1.95. The van der Waals surface area contributed by atoms with Crippen LogP contribution < -0.4 is 5.56 Å². The molecule has 0 radical (unpaired) electrons. The lowest BCUT2D eigenvalue weighted by Gasteiger charge is -2.02. The molecule has 0 aliphatic heterocycles. The second-order valence-electron chi connectivity index (χ2n) is 4.86. The van der Waals surface area contributed by atoms with Gasteiger partial charge < -0.3 is 9.40 Å². The number of nitrogens with zero attached hydrogens (tertiary/aromatic N) is 3. The lowest BCUT2D eigenvalue weighted by atomic mass is 10.2. The Morgan fingerprint density at radius 2 is 2.35 bits per heavy atom. The summed E-state index contributed by atoms with van der Waals surface area (Å²) in [5, 5.41) is 9.70. The Morgan fingerprint density at radius 3 is 3.00 bits per heavy atom. The highest BCUT2D eigenvalue weighted by atomic mass is 32.1. The molecule has 0 atom stereocenters. The van der Waals surface area contributed by atoms with Gasteiger partial charge in [0.2, 0.25) is 0 Å². The van der Waals surface area contributed by atoms with Crippen molar-refractivity contribution in [3.63, 3.8) is 0 Å². The third-order valence-electron chi connectivity index (χ3n) is 3.20. The Morgan fingerprint density at radius 1 is 1.52 bits per heavy atom. The van der Waals surface area contributed by atoms with Crippen molar-refractivity contribution in [2.75, 3.05) is 0 Å². The van der Waals surface area contributed by atoms with Crippen molar-refractivity contribution in [3.8, 4) is 16.8 Å². The molecule has 3 aromatic rings. The van der Waals surface area contributed by atoms with Crippen LogP contribution in [0.15, 0.2) is 33.8 Å². The molecule has 0 spiro atoms. The van der Waals surface area contributed by atoms with E-state index in [1.165, 1.54) is 11.3 Å². The number of nitriles is 1. The number of hydrogen-bond donors (Lipinski definition) is 1. The minimum absolute atomic E-state index is 0.0412. The Hall–Kier alpha value is -2.98. The number of thiazole rings is 1. The highest BCUT2D eigenvalue weighted by Crippen LogP contribution is 2.27. The van der Waals surface area contributed by atoms with Gasteiger partial charge in [0.05, 0.1) is 12.0 Å². The van der Waals surface area contributed by atoms with Crippen LogP contribution in [0.3, 0.4) is 0 Å². The smallest absolute Gasteiger partial charge is 0.269 e. The highest BCUT2D eigenvalue weighted by Gasteiger charge is 2.10. The molecule has 114 valence electrons. The Kier molecular flexibility index (Phi) is 3.91. The van der Waals surface area contributed by atoms with Gasteiger partial charge in [0.25, 0.3) is 5.56 Å². The molecule has 23 heavy (non-hydrogen) atoms. The summed E-state index contributed by atoms with van der Waals surface area (Å²) in [6.07, 6.45) is 5.22. The zero-order chi connectivity index (χ0) is 16.4. The molecule has 0 saturated carbocycles. The van der Waals surface area contributed by atoms with Gasteiger partial charge in [-0.05, 0) is 37.6 Å². The molecule has 3 aromatic heterocycles. The van der Waals surface area contributed by atoms with Crippen LogP contribution in [-0.4, -0.2) is 15.0 Å². The van der Waals surface area contributed by atoms with Crippen LogP contribution in [0.25, 0.3) is 22.4 Å². The lowest BCUT2D eigenvalue weighted by molar-refractivity contribution is 0.582. The number of furan rings is 1. The van der Waals surface area contributed by atoms with Crippen molar-refractivity contribution in [2.24, 2.45) is 0 Å². The fourth-order valence-corrected chi connectivity index (χ4v) is 2.94. The van der Waals surface area contributed by atoms with Gasteiger partial charge in [0, 0.05) is 11.1 Å². The molecule has 0 bridgehead atoms. The lowest BCUT2D eigenvalue weighted by Crippen LogP contribution is -2.16. The molecule has 0 fully saturated rings. The van der Waals surface area contributed by atoms with Crippen molar-refractivity contribution in [2.45, 2.75) is 13.8 Å². The van der Waals surface area contributed by atoms with Gasteiger partial charge in [-0.2, -0.15) is 5.26 Å². The number of H-pyrrole nitrogens is 1. The van der Waals surface area contributed by atoms with E-state index in [0.717, 1.165) is 15.5 Å². The SMILES string of the molecule is C/C(=C\c1cnc(-c2ccco2)s1)c1nc(C)c(C#N)c(=O)[nH]1. The molecule has 0 amide bonds. The van der Waals surface area contributed by atoms with Gasteiger partial charge in [0.1, 0.15) is 17.5 Å². The maximum atomic E-state index is 11.8. The van der Waals surface area contributed by atoms with Crippen molar-refractivity contribution >= 4 is 23.0 Å². The second kappa shape index (κ2) is 6.02. The van der Waals surface area contributed by atoms with Crippen molar-refractivity contribution < 1.29 is 4.42 Å². The van der Waals surface area contributed by atoms with E-state index < -0.39 is 5.56 Å². The fourth-order valence-electron chi connectivity index (χ4n) is 2.05. The number of aromatic nitrogens is 3. The minimum atomic E-state index is -0.427. The van der Waals surface area contributed by atoms with Crippen molar-refractivity contribution in [1.82, 2.24) is 15.0 Å². The zero-order valence-corrected chi connectivity index (χ0v) is 13.3. The summed E-state index contributed by atoms with van der Waals surface area (Å²) in [4.78, 5) is 24.0. The monoisotopic (exact) mass is 324 g/mol. The van der Waals surface area contributed by atoms with Crippen LogP contribution in [-0.2, 0) is 0 Å². The molecule has 0 aliphatic rings. The number of nitrogens with one attached hydrogen (secondary N) is 1. The van der Waals surface area contributed by atoms with E-state index in [-0.39, 0.29) is 5.56 Å². The molecular weight excluding hydrogens is 312 g/mol. The number of rotatable bonds is 3. The van der Waals surface area contributed by atoms with E-state index in [0.29, 0.717) is 17.3 Å². The van der Waals surface area contributed by atoms with Gasteiger partial charge in [-0.25, -0.2) is 9.97 Å². The predicted octanol–water partition coefficient (Wildman–Crippen LogP) is 3.23. The minimum Gasteiger partial charge on any atom is -0.462 e. The summed E-state index contributed by atoms with van der Waals surface area (Å²) >= 11 is 1.48. The highest BCUT2D eigenvalue weighted by molar-refractivity contribution is 7.15. The van der Waals surface area contributed by atoms with Crippen molar-refractivity contribution in [3.05, 3.63) is 56.9 Å². The molecule has 0 unspecified atom stereocenters. The maximum Gasteiger partial charge on any atom is 0.269 e. The first-order valence-corrected chi connectivity index (χ1v) is 7.59. The molecule has 6 nitrogen and oxygen atoms in total. The molecule has 3 rings (SSSR count). The first-order chi connectivity index (χ1) is 11.1. The van der Waals surface area contributed by atoms with Gasteiger partial charge in [0.15, 0.2) is 10.8 Å². The van der Waals surface area contributed by atoms with E-state index in [1.807, 2.05) is 31.2 Å². The van der Waals surface area contributed by atoms with E-state index in [1.54, 1.807) is 19.4 Å². The van der Waals surface area contributed by atoms with Crippen LogP contribution in [0.2, 0.25) is 0 Å². The molecule has 0 aromatic carbocycles.